The number of nitrogens with zero attached hydrogens (tertiary/aromatic N) is 4. The molecule has 1 aromatic carbocycles. The molecule has 7 heteroatoms. The number of morpholine rings is 1. The van der Waals surface area contributed by atoms with Gasteiger partial charge in [0.05, 0.1) is 37.2 Å². The van der Waals surface area contributed by atoms with Gasteiger partial charge in [0.15, 0.2) is 0 Å². The Morgan fingerprint density at radius 2 is 1.76 bits per heavy atom. The van der Waals surface area contributed by atoms with Crippen LogP contribution in [0.15, 0.2) is 42.6 Å². The van der Waals surface area contributed by atoms with E-state index in [1.54, 1.807) is 0 Å². The molecule has 0 atom stereocenters. The molecule has 176 valence electrons. The average molecular weight is 450 g/mol. The molecule has 1 N–H and O–H groups in total. The SMILES string of the molecule is Cc1cc(N2C[C@]3(CC[C@@](c4ccccc4)(N(C)C)CC3)NC2=O)cnc1N1CCOCC1. The summed E-state index contributed by atoms with van der Waals surface area (Å²) in [5.41, 5.74) is 3.18. The van der Waals surface area contributed by atoms with E-state index >= 15 is 0 Å². The molecule has 1 saturated carbocycles. The Labute approximate surface area is 196 Å². The van der Waals surface area contributed by atoms with Gasteiger partial charge in [0, 0.05) is 18.6 Å². The number of ether oxygens (including phenoxy) is 1. The van der Waals surface area contributed by atoms with Gasteiger partial charge < -0.3 is 15.0 Å². The fourth-order valence-corrected chi connectivity index (χ4v) is 5.89. The Kier molecular flexibility index (Phi) is 5.79. The van der Waals surface area contributed by atoms with E-state index in [4.69, 9.17) is 9.72 Å². The van der Waals surface area contributed by atoms with Crippen LogP contribution in [-0.2, 0) is 10.3 Å². The zero-order chi connectivity index (χ0) is 23.1. The Balaban J connectivity index is 1.32. The van der Waals surface area contributed by atoms with Crippen molar-refractivity contribution in [2.75, 3.05) is 56.7 Å². The highest BCUT2D eigenvalue weighted by molar-refractivity contribution is 5.95. The highest BCUT2D eigenvalue weighted by Crippen LogP contribution is 2.46. The van der Waals surface area contributed by atoms with Crippen molar-refractivity contribution in [2.45, 2.75) is 43.7 Å². The third-order valence-electron chi connectivity index (χ3n) is 7.94. The van der Waals surface area contributed by atoms with Crippen molar-refractivity contribution in [1.82, 2.24) is 15.2 Å². The number of pyridine rings is 1. The maximum Gasteiger partial charge on any atom is 0.322 e. The van der Waals surface area contributed by atoms with Crippen LogP contribution in [0.25, 0.3) is 0 Å². The van der Waals surface area contributed by atoms with Gasteiger partial charge in [0.2, 0.25) is 0 Å². The maximum atomic E-state index is 13.1. The van der Waals surface area contributed by atoms with E-state index in [9.17, 15) is 4.79 Å². The number of rotatable bonds is 4. The minimum absolute atomic E-state index is 0.00705. The fourth-order valence-electron chi connectivity index (χ4n) is 5.89. The lowest BCUT2D eigenvalue weighted by atomic mass is 9.69. The standard InChI is InChI=1S/C26H35N5O2/c1-20-17-22(18-27-23(20)30-13-15-33-16-14-30)31-19-25(28-24(31)32)9-11-26(12-10-25,29(2)3)21-7-5-4-6-8-21/h4-8,17-18H,9-16,19H2,1-3H3,(H,28,32)/t25-,26-. The number of carbonyl (C=O) groups is 1. The first-order valence-corrected chi connectivity index (χ1v) is 12.0. The second-order valence-electron chi connectivity index (χ2n) is 10.0. The van der Waals surface area contributed by atoms with Gasteiger partial charge in [0.25, 0.3) is 0 Å². The minimum Gasteiger partial charge on any atom is -0.378 e. The van der Waals surface area contributed by atoms with Gasteiger partial charge in [-0.25, -0.2) is 9.78 Å². The second kappa shape index (κ2) is 8.61. The molecule has 3 fully saturated rings. The number of hydrogen-bond acceptors (Lipinski definition) is 5. The van der Waals surface area contributed by atoms with Crippen molar-refractivity contribution in [3.05, 3.63) is 53.7 Å². The van der Waals surface area contributed by atoms with Crippen LogP contribution < -0.4 is 15.1 Å². The maximum absolute atomic E-state index is 13.1. The van der Waals surface area contributed by atoms with Gasteiger partial charge in [-0.15, -0.1) is 0 Å². The molecule has 7 nitrogen and oxygen atoms in total. The van der Waals surface area contributed by atoms with E-state index in [1.165, 1.54) is 5.56 Å². The van der Waals surface area contributed by atoms with Crippen LogP contribution in [0.1, 0.15) is 36.8 Å². The summed E-state index contributed by atoms with van der Waals surface area (Å²) in [4.78, 5) is 24.3. The molecule has 0 radical (unpaired) electrons. The lowest BCUT2D eigenvalue weighted by molar-refractivity contribution is 0.0658. The Hall–Kier alpha value is -2.64. The summed E-state index contributed by atoms with van der Waals surface area (Å²) in [6.45, 7) is 5.96. The summed E-state index contributed by atoms with van der Waals surface area (Å²) < 4.78 is 5.47. The molecule has 5 rings (SSSR count). The predicted octanol–water partition coefficient (Wildman–Crippen LogP) is 3.53. The number of amides is 2. The second-order valence-corrected chi connectivity index (χ2v) is 10.0. The van der Waals surface area contributed by atoms with Crippen LogP contribution in [0, 0.1) is 6.92 Å². The van der Waals surface area contributed by atoms with E-state index in [-0.39, 0.29) is 17.1 Å². The van der Waals surface area contributed by atoms with Gasteiger partial charge in [-0.2, -0.15) is 0 Å². The third kappa shape index (κ3) is 3.97. The van der Waals surface area contributed by atoms with E-state index < -0.39 is 0 Å². The average Bonchev–Trinajstić information content (AvgIpc) is 3.16. The number of nitrogens with one attached hydrogen (secondary N) is 1. The zero-order valence-corrected chi connectivity index (χ0v) is 20.0. The van der Waals surface area contributed by atoms with Crippen LogP contribution in [0.2, 0.25) is 0 Å². The molecule has 3 heterocycles. The van der Waals surface area contributed by atoms with Crippen molar-refractivity contribution in [3.8, 4) is 0 Å². The predicted molar refractivity (Wildman–Crippen MR) is 131 cm³/mol. The number of benzene rings is 1. The molecular weight excluding hydrogens is 414 g/mol. The number of aryl methyl sites for hydroxylation is 1. The van der Waals surface area contributed by atoms with Crippen molar-refractivity contribution < 1.29 is 9.53 Å². The molecule has 33 heavy (non-hydrogen) atoms. The minimum atomic E-state index is -0.178. The number of hydrogen-bond donors (Lipinski definition) is 1. The van der Waals surface area contributed by atoms with Gasteiger partial charge >= 0.3 is 6.03 Å². The molecule has 2 amide bonds. The molecule has 0 bridgehead atoms. The van der Waals surface area contributed by atoms with Crippen molar-refractivity contribution in [3.63, 3.8) is 0 Å². The molecule has 2 saturated heterocycles. The van der Waals surface area contributed by atoms with Crippen molar-refractivity contribution >= 4 is 17.5 Å². The molecule has 0 unspecified atom stereocenters. The molecule has 2 aromatic rings. The summed E-state index contributed by atoms with van der Waals surface area (Å²) in [7, 11) is 4.35. The van der Waals surface area contributed by atoms with Gasteiger partial charge in [-0.05, 0) is 63.9 Å². The van der Waals surface area contributed by atoms with Gasteiger partial charge in [-0.1, -0.05) is 30.3 Å². The lowest BCUT2D eigenvalue weighted by Crippen LogP contribution is -2.54. The molecule has 3 aliphatic rings. The molecule has 1 aromatic heterocycles. The van der Waals surface area contributed by atoms with Crippen molar-refractivity contribution in [1.29, 1.82) is 0 Å². The van der Waals surface area contributed by atoms with E-state index in [0.29, 0.717) is 6.54 Å². The topological polar surface area (TPSA) is 60.9 Å². The molecule has 1 spiro atoms. The normalized spacial score (nSPS) is 27.9. The Morgan fingerprint density at radius 3 is 2.39 bits per heavy atom. The van der Waals surface area contributed by atoms with E-state index in [2.05, 4.69) is 72.5 Å². The molecule has 1 aliphatic carbocycles. The summed E-state index contributed by atoms with van der Waals surface area (Å²) in [6.07, 6.45) is 5.81. The van der Waals surface area contributed by atoms with Crippen LogP contribution >= 0.6 is 0 Å². The Morgan fingerprint density at radius 1 is 1.06 bits per heavy atom. The Bertz CT molecular complexity index is 995. The summed E-state index contributed by atoms with van der Waals surface area (Å²) in [5.74, 6) is 0.993. The number of carbonyl (C=O) groups excluding carboxylic acids is 1. The summed E-state index contributed by atoms with van der Waals surface area (Å²) >= 11 is 0. The van der Waals surface area contributed by atoms with Gasteiger partial charge in [0.1, 0.15) is 5.82 Å². The fraction of sp³-hybridized carbons (Fsp3) is 0.538. The molecular formula is C26H35N5O2. The van der Waals surface area contributed by atoms with E-state index in [0.717, 1.165) is 69.1 Å². The first kappa shape index (κ1) is 22.2. The summed E-state index contributed by atoms with van der Waals surface area (Å²) in [5, 5.41) is 3.36. The van der Waals surface area contributed by atoms with Crippen LogP contribution in [0.4, 0.5) is 16.3 Å². The quantitative estimate of drug-likeness (QED) is 0.774. The van der Waals surface area contributed by atoms with Gasteiger partial charge in [-0.3, -0.25) is 9.80 Å². The van der Waals surface area contributed by atoms with Crippen LogP contribution in [0.3, 0.4) is 0 Å². The number of anilines is 2. The number of urea groups is 1. The monoisotopic (exact) mass is 449 g/mol. The van der Waals surface area contributed by atoms with Crippen LogP contribution in [0.5, 0.6) is 0 Å². The first-order chi connectivity index (χ1) is 15.9. The van der Waals surface area contributed by atoms with E-state index in [1.807, 2.05) is 11.1 Å². The van der Waals surface area contributed by atoms with Crippen molar-refractivity contribution in [2.24, 2.45) is 0 Å². The first-order valence-electron chi connectivity index (χ1n) is 12.0. The number of aromatic nitrogens is 1. The zero-order valence-electron chi connectivity index (χ0n) is 20.0. The smallest absolute Gasteiger partial charge is 0.322 e. The largest absolute Gasteiger partial charge is 0.378 e. The van der Waals surface area contributed by atoms with Crippen LogP contribution in [-0.4, -0.2) is 68.4 Å². The highest BCUT2D eigenvalue weighted by Gasteiger charge is 2.50. The highest BCUT2D eigenvalue weighted by atomic mass is 16.5. The third-order valence-corrected chi connectivity index (χ3v) is 7.94. The summed E-state index contributed by atoms with van der Waals surface area (Å²) in [6, 6.07) is 12.9. The lowest BCUT2D eigenvalue weighted by Gasteiger charge is -2.48. The molecule has 2 aliphatic heterocycles.